The first-order valence-corrected chi connectivity index (χ1v) is 9.96. The van der Waals surface area contributed by atoms with Gasteiger partial charge in [-0.25, -0.2) is 4.79 Å². The van der Waals surface area contributed by atoms with Gasteiger partial charge in [0, 0.05) is 32.7 Å². The van der Waals surface area contributed by atoms with E-state index in [0.717, 1.165) is 37.4 Å². The second-order valence-electron chi connectivity index (χ2n) is 7.21. The number of hydrogen-bond donors (Lipinski definition) is 2. The Labute approximate surface area is 166 Å². The van der Waals surface area contributed by atoms with E-state index < -0.39 is 0 Å². The van der Waals surface area contributed by atoms with Crippen molar-refractivity contribution in [3.63, 3.8) is 0 Å². The lowest BCUT2D eigenvalue weighted by molar-refractivity contribution is -0.122. The average molecular weight is 390 g/mol. The van der Waals surface area contributed by atoms with Gasteiger partial charge in [-0.3, -0.25) is 9.69 Å². The number of fused-ring (bicyclic) bond motifs is 1. The summed E-state index contributed by atoms with van der Waals surface area (Å²) in [6.07, 6.45) is 1.50. The summed E-state index contributed by atoms with van der Waals surface area (Å²) < 4.78 is 11.7. The summed E-state index contributed by atoms with van der Waals surface area (Å²) >= 11 is 0. The van der Waals surface area contributed by atoms with E-state index >= 15 is 0 Å². The van der Waals surface area contributed by atoms with Gasteiger partial charge in [0.2, 0.25) is 5.91 Å². The molecule has 1 atom stereocenters. The summed E-state index contributed by atoms with van der Waals surface area (Å²) in [6.45, 7) is 5.50. The number of benzene rings is 1. The highest BCUT2D eigenvalue weighted by atomic mass is 16.6. The molecule has 2 N–H and O–H groups in total. The van der Waals surface area contributed by atoms with E-state index in [-0.39, 0.29) is 24.1 Å². The number of likely N-dealkylation sites (tertiary alicyclic amines) is 1. The van der Waals surface area contributed by atoms with E-state index in [4.69, 9.17) is 9.47 Å². The number of nitrogens with zero attached hydrogens (tertiary/aromatic N) is 2. The normalized spacial score (nSPS) is 19.7. The van der Waals surface area contributed by atoms with Crippen LogP contribution in [0.5, 0.6) is 11.5 Å². The molecule has 0 saturated carbocycles. The molecule has 1 saturated heterocycles. The maximum absolute atomic E-state index is 12.7. The van der Waals surface area contributed by atoms with Crippen molar-refractivity contribution in [3.05, 3.63) is 24.3 Å². The van der Waals surface area contributed by atoms with Gasteiger partial charge >= 0.3 is 6.03 Å². The Bertz CT molecular complexity index is 676. The second kappa shape index (κ2) is 9.64. The van der Waals surface area contributed by atoms with Crippen LogP contribution < -0.4 is 20.1 Å². The third-order valence-corrected chi connectivity index (χ3v) is 5.22. The molecule has 3 rings (SSSR count). The van der Waals surface area contributed by atoms with Crippen molar-refractivity contribution in [2.24, 2.45) is 0 Å². The minimum Gasteiger partial charge on any atom is -0.486 e. The molecular formula is C20H30N4O4. The van der Waals surface area contributed by atoms with Gasteiger partial charge in [-0.1, -0.05) is 12.1 Å². The molecule has 3 amide bonds. The molecule has 0 aliphatic carbocycles. The molecule has 154 valence electrons. The molecule has 2 aliphatic rings. The van der Waals surface area contributed by atoms with E-state index in [9.17, 15) is 9.59 Å². The molecule has 28 heavy (non-hydrogen) atoms. The minimum atomic E-state index is -0.185. The Hall–Kier alpha value is -2.48. The molecule has 0 radical (unpaired) electrons. The third kappa shape index (κ3) is 5.28. The van der Waals surface area contributed by atoms with Crippen LogP contribution in [0.2, 0.25) is 0 Å². The molecule has 0 spiro atoms. The number of urea groups is 1. The standard InChI is InChI=1S/C20H30N4O4/c1-3-24(12-16-14-27-17-6-4-5-7-18(17)28-16)20(26)22-15-8-10-23(11-9-15)13-19(25)21-2/h4-7,15-16H,3,8-14H2,1-2H3,(H,21,25)(H,22,26)/t16-/m0/s1. The Morgan fingerprint density at radius 2 is 1.93 bits per heavy atom. The van der Waals surface area contributed by atoms with Gasteiger partial charge in [0.05, 0.1) is 13.1 Å². The van der Waals surface area contributed by atoms with E-state index in [1.165, 1.54) is 0 Å². The first-order chi connectivity index (χ1) is 13.6. The van der Waals surface area contributed by atoms with Crippen molar-refractivity contribution in [1.82, 2.24) is 20.4 Å². The van der Waals surface area contributed by atoms with Crippen molar-refractivity contribution in [1.29, 1.82) is 0 Å². The Morgan fingerprint density at radius 3 is 2.61 bits per heavy atom. The highest BCUT2D eigenvalue weighted by Crippen LogP contribution is 2.31. The topological polar surface area (TPSA) is 83.1 Å². The molecule has 8 nitrogen and oxygen atoms in total. The number of carbonyl (C=O) groups excluding carboxylic acids is 2. The molecule has 1 aromatic carbocycles. The molecule has 0 aromatic heterocycles. The molecular weight excluding hydrogens is 360 g/mol. The van der Waals surface area contributed by atoms with E-state index in [0.29, 0.717) is 26.2 Å². The Morgan fingerprint density at radius 1 is 1.21 bits per heavy atom. The van der Waals surface area contributed by atoms with Gasteiger partial charge in [0.25, 0.3) is 0 Å². The second-order valence-corrected chi connectivity index (χ2v) is 7.21. The van der Waals surface area contributed by atoms with Crippen molar-refractivity contribution in [3.8, 4) is 11.5 Å². The largest absolute Gasteiger partial charge is 0.486 e. The lowest BCUT2D eigenvalue weighted by Gasteiger charge is -2.34. The van der Waals surface area contributed by atoms with Crippen LogP contribution in [-0.4, -0.2) is 80.3 Å². The van der Waals surface area contributed by atoms with Crippen LogP contribution in [0.25, 0.3) is 0 Å². The number of likely N-dealkylation sites (N-methyl/N-ethyl adjacent to an activating group) is 2. The van der Waals surface area contributed by atoms with E-state index in [1.807, 2.05) is 31.2 Å². The number of piperidine rings is 1. The first kappa shape index (κ1) is 20.3. The number of rotatable bonds is 6. The molecule has 0 bridgehead atoms. The highest BCUT2D eigenvalue weighted by Gasteiger charge is 2.27. The lowest BCUT2D eigenvalue weighted by Crippen LogP contribution is -2.52. The summed E-state index contributed by atoms with van der Waals surface area (Å²) in [5.74, 6) is 1.49. The van der Waals surface area contributed by atoms with Crippen LogP contribution in [0.15, 0.2) is 24.3 Å². The van der Waals surface area contributed by atoms with Gasteiger partial charge in [0.15, 0.2) is 17.6 Å². The number of carbonyl (C=O) groups is 2. The van der Waals surface area contributed by atoms with Crippen LogP contribution in [0.1, 0.15) is 19.8 Å². The Balaban J connectivity index is 1.45. The van der Waals surface area contributed by atoms with Crippen molar-refractivity contribution in [2.45, 2.75) is 31.9 Å². The van der Waals surface area contributed by atoms with Gasteiger partial charge in [-0.15, -0.1) is 0 Å². The summed E-state index contributed by atoms with van der Waals surface area (Å²) in [5, 5.41) is 5.77. The average Bonchev–Trinajstić information content (AvgIpc) is 2.73. The number of amides is 3. The zero-order valence-corrected chi connectivity index (χ0v) is 16.6. The number of nitrogens with one attached hydrogen (secondary N) is 2. The molecule has 8 heteroatoms. The van der Waals surface area contributed by atoms with Gasteiger partial charge in [0.1, 0.15) is 6.61 Å². The maximum Gasteiger partial charge on any atom is 0.317 e. The van der Waals surface area contributed by atoms with Crippen molar-refractivity contribution < 1.29 is 19.1 Å². The first-order valence-electron chi connectivity index (χ1n) is 9.96. The van der Waals surface area contributed by atoms with Crippen LogP contribution in [-0.2, 0) is 4.79 Å². The van der Waals surface area contributed by atoms with Crippen LogP contribution in [0.3, 0.4) is 0 Å². The fourth-order valence-corrected chi connectivity index (χ4v) is 3.54. The van der Waals surface area contributed by atoms with Gasteiger partial charge in [-0.05, 0) is 31.9 Å². The number of para-hydroxylation sites is 2. The van der Waals surface area contributed by atoms with E-state index in [2.05, 4.69) is 15.5 Å². The monoisotopic (exact) mass is 390 g/mol. The minimum absolute atomic E-state index is 0.0240. The maximum atomic E-state index is 12.7. The predicted octanol–water partition coefficient (Wildman–Crippen LogP) is 1.07. The van der Waals surface area contributed by atoms with Gasteiger partial charge < -0.3 is 25.0 Å². The molecule has 2 heterocycles. The molecule has 0 unspecified atom stereocenters. The van der Waals surface area contributed by atoms with Crippen LogP contribution in [0, 0.1) is 0 Å². The third-order valence-electron chi connectivity index (χ3n) is 5.22. The number of hydrogen-bond acceptors (Lipinski definition) is 5. The summed E-state index contributed by atoms with van der Waals surface area (Å²) in [4.78, 5) is 28.1. The summed E-state index contributed by atoms with van der Waals surface area (Å²) in [6, 6.07) is 7.64. The number of ether oxygens (including phenoxy) is 2. The molecule has 1 fully saturated rings. The smallest absolute Gasteiger partial charge is 0.317 e. The molecule has 2 aliphatic heterocycles. The van der Waals surface area contributed by atoms with Crippen LogP contribution in [0.4, 0.5) is 4.79 Å². The quantitative estimate of drug-likeness (QED) is 0.759. The highest BCUT2D eigenvalue weighted by molar-refractivity contribution is 5.77. The van der Waals surface area contributed by atoms with E-state index in [1.54, 1.807) is 11.9 Å². The van der Waals surface area contributed by atoms with Gasteiger partial charge in [-0.2, -0.15) is 0 Å². The van der Waals surface area contributed by atoms with Crippen molar-refractivity contribution >= 4 is 11.9 Å². The lowest BCUT2D eigenvalue weighted by atomic mass is 10.1. The fourth-order valence-electron chi connectivity index (χ4n) is 3.54. The zero-order chi connectivity index (χ0) is 19.9. The predicted molar refractivity (Wildman–Crippen MR) is 106 cm³/mol. The summed E-state index contributed by atoms with van der Waals surface area (Å²) in [5.41, 5.74) is 0. The van der Waals surface area contributed by atoms with Crippen molar-refractivity contribution in [2.75, 3.05) is 46.4 Å². The SMILES string of the molecule is CCN(C[C@H]1COc2ccccc2O1)C(=O)NC1CCN(CC(=O)NC)CC1. The Kier molecular flexibility index (Phi) is 6.97. The molecule has 1 aromatic rings. The fraction of sp³-hybridized carbons (Fsp3) is 0.600. The zero-order valence-electron chi connectivity index (χ0n) is 16.6. The van der Waals surface area contributed by atoms with Crippen LogP contribution >= 0.6 is 0 Å². The summed E-state index contributed by atoms with van der Waals surface area (Å²) in [7, 11) is 1.65.